The van der Waals surface area contributed by atoms with E-state index in [0.29, 0.717) is 19.6 Å². The van der Waals surface area contributed by atoms with Gasteiger partial charge in [0.15, 0.2) is 0 Å². The first-order valence-corrected chi connectivity index (χ1v) is 10.7. The summed E-state index contributed by atoms with van der Waals surface area (Å²) in [5.41, 5.74) is 0.934. The SMILES string of the molecule is O=C(NCCNC1CCCCN1CCP(=O)(O)O)OCc1ccccc1. The number of ether oxygens (including phenoxy) is 1. The van der Waals surface area contributed by atoms with Crippen LogP contribution < -0.4 is 10.6 Å². The van der Waals surface area contributed by atoms with Crippen molar-refractivity contribution in [3.05, 3.63) is 35.9 Å². The van der Waals surface area contributed by atoms with Gasteiger partial charge in [-0.2, -0.15) is 0 Å². The van der Waals surface area contributed by atoms with Gasteiger partial charge < -0.3 is 19.8 Å². The van der Waals surface area contributed by atoms with Crippen molar-refractivity contribution < 1.29 is 23.9 Å². The number of likely N-dealkylation sites (tertiary alicyclic amines) is 1. The summed E-state index contributed by atoms with van der Waals surface area (Å²) in [7, 11) is -3.98. The standard InChI is InChI=1S/C17H28N3O5P/c21-17(25-14-15-6-2-1-3-7-15)19-10-9-18-16-8-4-5-11-20(16)12-13-26(22,23)24/h1-3,6-7,16,18H,4-5,8-14H2,(H,19,21)(H2,22,23,24). The zero-order valence-electron chi connectivity index (χ0n) is 14.8. The molecule has 146 valence electrons. The molecule has 1 amide bonds. The van der Waals surface area contributed by atoms with Crippen molar-refractivity contribution in [1.29, 1.82) is 0 Å². The highest BCUT2D eigenvalue weighted by atomic mass is 31.2. The molecule has 1 aromatic carbocycles. The topological polar surface area (TPSA) is 111 Å². The van der Waals surface area contributed by atoms with E-state index in [9.17, 15) is 9.36 Å². The molecular formula is C17H28N3O5P. The maximum Gasteiger partial charge on any atom is 0.407 e. The lowest BCUT2D eigenvalue weighted by Gasteiger charge is -2.36. The Morgan fingerprint density at radius 3 is 2.73 bits per heavy atom. The van der Waals surface area contributed by atoms with Crippen LogP contribution in [0.25, 0.3) is 0 Å². The molecule has 1 fully saturated rings. The van der Waals surface area contributed by atoms with Crippen LogP contribution in [-0.2, 0) is 15.9 Å². The van der Waals surface area contributed by atoms with E-state index in [4.69, 9.17) is 14.5 Å². The second-order valence-electron chi connectivity index (χ2n) is 6.38. The predicted molar refractivity (Wildman–Crippen MR) is 98.8 cm³/mol. The fourth-order valence-corrected chi connectivity index (χ4v) is 3.44. The minimum absolute atomic E-state index is 0.0810. The molecule has 0 spiro atoms. The van der Waals surface area contributed by atoms with Gasteiger partial charge in [-0.05, 0) is 31.4 Å². The molecule has 0 saturated carbocycles. The van der Waals surface area contributed by atoms with Gasteiger partial charge in [0.2, 0.25) is 0 Å². The number of nitrogens with zero attached hydrogens (tertiary/aromatic N) is 1. The Morgan fingerprint density at radius 2 is 2.00 bits per heavy atom. The Labute approximate surface area is 154 Å². The van der Waals surface area contributed by atoms with Crippen molar-refractivity contribution in [3.63, 3.8) is 0 Å². The number of hydrogen-bond donors (Lipinski definition) is 4. The summed E-state index contributed by atoms with van der Waals surface area (Å²) >= 11 is 0. The zero-order valence-corrected chi connectivity index (χ0v) is 15.7. The lowest BCUT2D eigenvalue weighted by atomic mass is 10.1. The summed E-state index contributed by atoms with van der Waals surface area (Å²) in [6, 6.07) is 9.48. The molecule has 0 aliphatic carbocycles. The number of carbonyl (C=O) groups is 1. The molecule has 2 rings (SSSR count). The molecule has 0 bridgehead atoms. The first-order valence-electron chi connectivity index (χ1n) is 8.90. The van der Waals surface area contributed by atoms with Gasteiger partial charge in [0, 0.05) is 19.6 Å². The predicted octanol–water partition coefficient (Wildman–Crippen LogP) is 1.49. The van der Waals surface area contributed by atoms with Gasteiger partial charge in [-0.1, -0.05) is 30.3 Å². The van der Waals surface area contributed by atoms with Gasteiger partial charge in [0.25, 0.3) is 0 Å². The average Bonchev–Trinajstić information content (AvgIpc) is 2.63. The minimum Gasteiger partial charge on any atom is -0.445 e. The van der Waals surface area contributed by atoms with Gasteiger partial charge in [-0.25, -0.2) is 4.79 Å². The number of amides is 1. The molecule has 8 nitrogen and oxygen atoms in total. The Hall–Kier alpha value is -1.44. The van der Waals surface area contributed by atoms with Crippen LogP contribution in [0, 0.1) is 0 Å². The third kappa shape index (κ3) is 8.29. The quantitative estimate of drug-likeness (QED) is 0.376. The number of piperidine rings is 1. The number of rotatable bonds is 9. The molecule has 4 N–H and O–H groups in total. The van der Waals surface area contributed by atoms with Crippen molar-refractivity contribution in [3.8, 4) is 0 Å². The third-order valence-electron chi connectivity index (χ3n) is 4.28. The fraction of sp³-hybridized carbons (Fsp3) is 0.588. The van der Waals surface area contributed by atoms with E-state index in [-0.39, 0.29) is 18.9 Å². The van der Waals surface area contributed by atoms with Crippen LogP contribution in [0.15, 0.2) is 30.3 Å². The van der Waals surface area contributed by atoms with E-state index in [1.165, 1.54) is 0 Å². The molecular weight excluding hydrogens is 357 g/mol. The molecule has 1 heterocycles. The van der Waals surface area contributed by atoms with E-state index < -0.39 is 13.7 Å². The van der Waals surface area contributed by atoms with E-state index in [1.807, 2.05) is 30.3 Å². The second-order valence-corrected chi connectivity index (χ2v) is 8.16. The Balaban J connectivity index is 1.62. The maximum absolute atomic E-state index is 11.7. The lowest BCUT2D eigenvalue weighted by Crippen LogP contribution is -2.51. The van der Waals surface area contributed by atoms with Crippen molar-refractivity contribution in [2.24, 2.45) is 0 Å². The highest BCUT2D eigenvalue weighted by Crippen LogP contribution is 2.34. The molecule has 0 radical (unpaired) electrons. The van der Waals surface area contributed by atoms with Crippen LogP contribution in [-0.4, -0.2) is 59.3 Å². The normalized spacial score (nSPS) is 18.5. The first kappa shape index (κ1) is 20.9. The van der Waals surface area contributed by atoms with Crippen LogP contribution in [0.1, 0.15) is 24.8 Å². The molecule has 0 aromatic heterocycles. The number of benzene rings is 1. The van der Waals surface area contributed by atoms with Gasteiger partial charge >= 0.3 is 13.7 Å². The van der Waals surface area contributed by atoms with Crippen molar-refractivity contribution in [1.82, 2.24) is 15.5 Å². The Bertz CT molecular complexity index is 595. The largest absolute Gasteiger partial charge is 0.445 e. The lowest BCUT2D eigenvalue weighted by molar-refractivity contribution is 0.124. The summed E-state index contributed by atoms with van der Waals surface area (Å²) in [6.07, 6.45) is 2.53. The van der Waals surface area contributed by atoms with Gasteiger partial charge in [0.05, 0.1) is 12.3 Å². The molecule has 1 aliphatic heterocycles. The average molecular weight is 385 g/mol. The maximum atomic E-state index is 11.7. The summed E-state index contributed by atoms with van der Waals surface area (Å²) < 4.78 is 16.2. The highest BCUT2D eigenvalue weighted by Gasteiger charge is 2.24. The number of hydrogen-bond acceptors (Lipinski definition) is 5. The van der Waals surface area contributed by atoms with E-state index in [1.54, 1.807) is 0 Å². The van der Waals surface area contributed by atoms with Crippen molar-refractivity contribution in [2.75, 3.05) is 32.3 Å². The van der Waals surface area contributed by atoms with Crippen LogP contribution >= 0.6 is 7.60 Å². The summed E-state index contributed by atoms with van der Waals surface area (Å²) in [6.45, 7) is 2.42. The smallest absolute Gasteiger partial charge is 0.407 e. The summed E-state index contributed by atoms with van der Waals surface area (Å²) in [4.78, 5) is 31.8. The fourth-order valence-electron chi connectivity index (χ4n) is 2.93. The van der Waals surface area contributed by atoms with E-state index in [0.717, 1.165) is 31.4 Å². The highest BCUT2D eigenvalue weighted by molar-refractivity contribution is 7.51. The van der Waals surface area contributed by atoms with Gasteiger partial charge in [0.1, 0.15) is 6.61 Å². The van der Waals surface area contributed by atoms with Crippen LogP contribution in [0.3, 0.4) is 0 Å². The van der Waals surface area contributed by atoms with Crippen LogP contribution in [0.4, 0.5) is 4.79 Å². The molecule has 26 heavy (non-hydrogen) atoms. The molecule has 1 saturated heterocycles. The Morgan fingerprint density at radius 1 is 1.23 bits per heavy atom. The second kappa shape index (κ2) is 10.6. The van der Waals surface area contributed by atoms with Crippen LogP contribution in [0.2, 0.25) is 0 Å². The van der Waals surface area contributed by atoms with Gasteiger partial charge in [-0.15, -0.1) is 0 Å². The molecule has 1 atom stereocenters. The molecule has 1 unspecified atom stereocenters. The van der Waals surface area contributed by atoms with Gasteiger partial charge in [-0.3, -0.25) is 14.8 Å². The molecule has 1 aliphatic rings. The van der Waals surface area contributed by atoms with E-state index >= 15 is 0 Å². The number of carbonyl (C=O) groups excluding carboxylic acids is 1. The summed E-state index contributed by atoms with van der Waals surface area (Å²) in [5.74, 6) is 0. The number of nitrogens with one attached hydrogen (secondary N) is 2. The molecule has 1 aromatic rings. The first-order chi connectivity index (χ1) is 12.4. The van der Waals surface area contributed by atoms with Crippen molar-refractivity contribution in [2.45, 2.75) is 32.0 Å². The third-order valence-corrected chi connectivity index (χ3v) is 5.06. The monoisotopic (exact) mass is 385 g/mol. The molecule has 9 heteroatoms. The van der Waals surface area contributed by atoms with Crippen LogP contribution in [0.5, 0.6) is 0 Å². The van der Waals surface area contributed by atoms with E-state index in [2.05, 4.69) is 15.5 Å². The van der Waals surface area contributed by atoms with Crippen molar-refractivity contribution >= 4 is 13.7 Å². The summed E-state index contributed by atoms with van der Waals surface area (Å²) in [5, 5.41) is 6.04. The zero-order chi connectivity index (χ0) is 18.8. The number of alkyl carbamates (subject to hydrolysis) is 1. The Kier molecular flexibility index (Phi) is 8.54. The minimum atomic E-state index is -3.98.